The number of hydrogen-bond donors (Lipinski definition) is 2. The van der Waals surface area contributed by atoms with Crippen LogP contribution in [0.4, 0.5) is 0 Å². The molecule has 1 unspecified atom stereocenters. The van der Waals surface area contributed by atoms with Crippen molar-refractivity contribution in [1.82, 2.24) is 10.6 Å². The lowest BCUT2D eigenvalue weighted by Crippen LogP contribution is -2.44. The highest BCUT2D eigenvalue weighted by molar-refractivity contribution is 5.93. The lowest BCUT2D eigenvalue weighted by molar-refractivity contribution is -0.119. The maximum Gasteiger partial charge on any atom is 0.244 e. The van der Waals surface area contributed by atoms with Gasteiger partial charge >= 0.3 is 0 Å². The Balaban J connectivity index is 1.12. The van der Waals surface area contributed by atoms with E-state index in [2.05, 4.69) is 22.8 Å². The van der Waals surface area contributed by atoms with Crippen LogP contribution in [0, 0.1) is 5.92 Å². The summed E-state index contributed by atoms with van der Waals surface area (Å²) in [6.45, 7) is 1.85. The molecule has 2 aromatic carbocycles. The van der Waals surface area contributed by atoms with Gasteiger partial charge < -0.3 is 20.1 Å². The molecule has 0 bridgehead atoms. The van der Waals surface area contributed by atoms with Crippen LogP contribution in [0.3, 0.4) is 0 Å². The first kappa shape index (κ1) is 21.3. The molecule has 5 rings (SSSR count). The molecule has 2 amide bonds. The van der Waals surface area contributed by atoms with Crippen molar-refractivity contribution in [1.29, 1.82) is 0 Å². The third-order valence-electron chi connectivity index (χ3n) is 6.30. The van der Waals surface area contributed by atoms with Gasteiger partial charge in [-0.05, 0) is 77.4 Å². The van der Waals surface area contributed by atoms with Crippen molar-refractivity contribution in [3.63, 3.8) is 0 Å². The standard InChI is InChI=1S/C27H28N2O4/c30-26(9-3-18-1-7-24-21(15-18)11-13-32-24)28-17-23(20-5-6-20)29-27(31)10-4-19-2-8-25-22(16-19)12-14-33-25/h1-4,7-10,15-16,20,23H,5-6,11-14,17H2,(H,28,30)(H,29,31)/b9-3+,10-4+. The highest BCUT2D eigenvalue weighted by atomic mass is 16.5. The summed E-state index contributed by atoms with van der Waals surface area (Å²) in [5.74, 6) is 1.97. The molecule has 0 saturated heterocycles. The number of carbonyl (C=O) groups is 2. The SMILES string of the molecule is O=C(/C=C/c1ccc2c(c1)CCO2)NCC(NC(=O)/C=C/c1ccc2c(c1)CCO2)C1CC1. The van der Waals surface area contributed by atoms with Crippen LogP contribution in [0.15, 0.2) is 48.6 Å². The summed E-state index contributed by atoms with van der Waals surface area (Å²) in [6.07, 6.45) is 10.7. The molecular weight excluding hydrogens is 416 g/mol. The largest absolute Gasteiger partial charge is 0.493 e. The molecule has 2 heterocycles. The number of fused-ring (bicyclic) bond motifs is 2. The Kier molecular flexibility index (Phi) is 6.15. The minimum atomic E-state index is -0.164. The summed E-state index contributed by atoms with van der Waals surface area (Å²) in [5, 5.41) is 5.99. The van der Waals surface area contributed by atoms with Crippen molar-refractivity contribution < 1.29 is 19.1 Å². The normalized spacial score (nSPS) is 17.3. The molecule has 33 heavy (non-hydrogen) atoms. The third kappa shape index (κ3) is 5.45. The molecule has 0 radical (unpaired) electrons. The van der Waals surface area contributed by atoms with E-state index in [0.717, 1.165) is 54.9 Å². The molecule has 0 aromatic heterocycles. The predicted octanol–water partition coefficient (Wildman–Crippen LogP) is 3.29. The summed E-state index contributed by atoms with van der Waals surface area (Å²) >= 11 is 0. The minimum absolute atomic E-state index is 0.0648. The average molecular weight is 445 g/mol. The molecular formula is C27H28N2O4. The van der Waals surface area contributed by atoms with Crippen molar-refractivity contribution in [2.24, 2.45) is 5.92 Å². The highest BCUT2D eigenvalue weighted by Gasteiger charge is 2.32. The maximum atomic E-state index is 12.5. The van der Waals surface area contributed by atoms with E-state index in [1.807, 2.05) is 36.4 Å². The monoisotopic (exact) mass is 444 g/mol. The second-order valence-corrected chi connectivity index (χ2v) is 8.80. The second-order valence-electron chi connectivity index (χ2n) is 8.80. The van der Waals surface area contributed by atoms with Crippen molar-refractivity contribution in [2.75, 3.05) is 19.8 Å². The Morgan fingerprint density at radius 3 is 2.03 bits per heavy atom. The van der Waals surface area contributed by atoms with E-state index in [-0.39, 0.29) is 17.9 Å². The van der Waals surface area contributed by atoms with E-state index in [1.165, 1.54) is 11.1 Å². The van der Waals surface area contributed by atoms with Gasteiger partial charge in [-0.2, -0.15) is 0 Å². The van der Waals surface area contributed by atoms with E-state index >= 15 is 0 Å². The van der Waals surface area contributed by atoms with Crippen molar-refractivity contribution in [2.45, 2.75) is 31.7 Å². The molecule has 2 aromatic rings. The topological polar surface area (TPSA) is 76.7 Å². The van der Waals surface area contributed by atoms with Crippen LogP contribution in [0.25, 0.3) is 12.2 Å². The highest BCUT2D eigenvalue weighted by Crippen LogP contribution is 2.32. The number of benzene rings is 2. The molecule has 1 atom stereocenters. The number of ether oxygens (including phenoxy) is 2. The molecule has 1 saturated carbocycles. The fraction of sp³-hybridized carbons (Fsp3) is 0.333. The first-order valence-corrected chi connectivity index (χ1v) is 11.6. The van der Waals surface area contributed by atoms with E-state index in [9.17, 15) is 9.59 Å². The fourth-order valence-corrected chi connectivity index (χ4v) is 4.30. The maximum absolute atomic E-state index is 12.5. The van der Waals surface area contributed by atoms with E-state index < -0.39 is 0 Å². The number of carbonyl (C=O) groups excluding carboxylic acids is 2. The Bertz CT molecular complexity index is 1120. The smallest absolute Gasteiger partial charge is 0.244 e. The van der Waals surface area contributed by atoms with Crippen LogP contribution in [0.5, 0.6) is 11.5 Å². The quantitative estimate of drug-likeness (QED) is 0.613. The zero-order valence-corrected chi connectivity index (χ0v) is 18.5. The molecule has 6 nitrogen and oxygen atoms in total. The van der Waals surface area contributed by atoms with Gasteiger partial charge in [-0.3, -0.25) is 9.59 Å². The third-order valence-corrected chi connectivity index (χ3v) is 6.30. The van der Waals surface area contributed by atoms with Gasteiger partial charge in [0.1, 0.15) is 11.5 Å². The van der Waals surface area contributed by atoms with Gasteiger partial charge in [0.2, 0.25) is 11.8 Å². The molecule has 3 aliphatic rings. The van der Waals surface area contributed by atoms with E-state index in [0.29, 0.717) is 19.1 Å². The lowest BCUT2D eigenvalue weighted by atomic mass is 10.1. The molecule has 0 spiro atoms. The zero-order valence-electron chi connectivity index (χ0n) is 18.5. The van der Waals surface area contributed by atoms with Gasteiger partial charge in [0.25, 0.3) is 0 Å². The fourth-order valence-electron chi connectivity index (χ4n) is 4.30. The van der Waals surface area contributed by atoms with Crippen LogP contribution >= 0.6 is 0 Å². The van der Waals surface area contributed by atoms with Crippen molar-refractivity contribution in [3.05, 3.63) is 70.8 Å². The van der Waals surface area contributed by atoms with Crippen LogP contribution in [-0.4, -0.2) is 37.6 Å². The first-order chi connectivity index (χ1) is 16.1. The summed E-state index contributed by atoms with van der Waals surface area (Å²) in [6, 6.07) is 11.8. The molecule has 2 N–H and O–H groups in total. The van der Waals surface area contributed by atoms with Gasteiger partial charge in [-0.25, -0.2) is 0 Å². The number of nitrogens with one attached hydrogen (secondary N) is 2. The molecule has 1 fully saturated rings. The lowest BCUT2D eigenvalue weighted by Gasteiger charge is -2.17. The molecule has 6 heteroatoms. The molecule has 170 valence electrons. The summed E-state index contributed by atoms with van der Waals surface area (Å²) in [5.41, 5.74) is 4.31. The van der Waals surface area contributed by atoms with Crippen molar-refractivity contribution in [3.8, 4) is 11.5 Å². The Morgan fingerprint density at radius 2 is 1.45 bits per heavy atom. The molecule has 1 aliphatic carbocycles. The predicted molar refractivity (Wildman–Crippen MR) is 127 cm³/mol. The van der Waals surface area contributed by atoms with Gasteiger partial charge in [-0.1, -0.05) is 12.1 Å². The van der Waals surface area contributed by atoms with Gasteiger partial charge in [0, 0.05) is 37.6 Å². The zero-order chi connectivity index (χ0) is 22.6. The van der Waals surface area contributed by atoms with Crippen LogP contribution in [0.2, 0.25) is 0 Å². The van der Waals surface area contributed by atoms with E-state index in [1.54, 1.807) is 12.2 Å². The van der Waals surface area contributed by atoms with Gasteiger partial charge in [0.05, 0.1) is 13.2 Å². The van der Waals surface area contributed by atoms with E-state index in [4.69, 9.17) is 9.47 Å². The van der Waals surface area contributed by atoms with Crippen molar-refractivity contribution >= 4 is 24.0 Å². The minimum Gasteiger partial charge on any atom is -0.493 e. The van der Waals surface area contributed by atoms with Crippen LogP contribution < -0.4 is 20.1 Å². The Morgan fingerprint density at radius 1 is 0.879 bits per heavy atom. The van der Waals surface area contributed by atoms with Crippen LogP contribution in [0.1, 0.15) is 35.1 Å². The summed E-state index contributed by atoms with van der Waals surface area (Å²) in [7, 11) is 0. The van der Waals surface area contributed by atoms with Gasteiger partial charge in [-0.15, -0.1) is 0 Å². The molecule has 2 aliphatic heterocycles. The Labute approximate surface area is 193 Å². The average Bonchev–Trinajstić information content (AvgIpc) is 3.38. The van der Waals surface area contributed by atoms with Crippen LogP contribution in [-0.2, 0) is 22.4 Å². The Hall–Kier alpha value is -3.54. The second kappa shape index (κ2) is 9.53. The first-order valence-electron chi connectivity index (χ1n) is 11.6. The summed E-state index contributed by atoms with van der Waals surface area (Å²) < 4.78 is 11.0. The number of amides is 2. The number of rotatable bonds is 8. The number of hydrogen-bond acceptors (Lipinski definition) is 4. The van der Waals surface area contributed by atoms with Gasteiger partial charge in [0.15, 0.2) is 0 Å². The summed E-state index contributed by atoms with van der Waals surface area (Å²) in [4.78, 5) is 24.8.